The lowest BCUT2D eigenvalue weighted by Crippen LogP contribution is -2.25. The molecule has 4 nitrogen and oxygen atoms in total. The molecule has 8 heteroatoms. The quantitative estimate of drug-likeness (QED) is 0.900. The third kappa shape index (κ3) is 2.94. The van der Waals surface area contributed by atoms with E-state index in [1.807, 2.05) is 0 Å². The number of sulfone groups is 1. The van der Waals surface area contributed by atoms with Crippen LogP contribution in [0.25, 0.3) is 0 Å². The molecule has 0 aliphatic heterocycles. The van der Waals surface area contributed by atoms with Crippen LogP contribution in [-0.2, 0) is 20.6 Å². The molecule has 0 aromatic heterocycles. The van der Waals surface area contributed by atoms with Crippen LogP contribution in [0.2, 0.25) is 0 Å². The zero-order valence-corrected chi connectivity index (χ0v) is 12.4. The van der Waals surface area contributed by atoms with Gasteiger partial charge in [0.1, 0.15) is 0 Å². The summed E-state index contributed by atoms with van der Waals surface area (Å²) in [6, 6.07) is 2.59. The van der Waals surface area contributed by atoms with E-state index in [1.165, 1.54) is 13.8 Å². The molecule has 0 spiro atoms. The van der Waals surface area contributed by atoms with Crippen molar-refractivity contribution in [2.75, 3.05) is 0 Å². The molecule has 0 fully saturated rings. The molecule has 0 saturated carbocycles. The summed E-state index contributed by atoms with van der Waals surface area (Å²) >= 11 is 2.89. The van der Waals surface area contributed by atoms with E-state index >= 15 is 0 Å². The Morgan fingerprint density at radius 1 is 1.37 bits per heavy atom. The zero-order chi connectivity index (χ0) is 15.0. The molecule has 1 rings (SSSR count). The molecule has 106 valence electrons. The lowest BCUT2D eigenvalue weighted by atomic mass is 10.1. The maximum absolute atomic E-state index is 13.3. The molecule has 0 bridgehead atoms. The molecule has 1 N–H and O–H groups in total. The number of carboxylic acid groups (broad SMARTS) is 1. The SMILES string of the molecule is CC(C)S(=O)(=O)c1ccc(C(F)(F)C(=O)O)cc1Br. The van der Waals surface area contributed by atoms with Gasteiger partial charge < -0.3 is 5.11 Å². The van der Waals surface area contributed by atoms with Gasteiger partial charge in [-0.25, -0.2) is 13.2 Å². The Morgan fingerprint density at radius 2 is 1.89 bits per heavy atom. The minimum Gasteiger partial charge on any atom is -0.477 e. The Bertz CT molecular complexity index is 611. The van der Waals surface area contributed by atoms with Crippen LogP contribution in [0.5, 0.6) is 0 Å². The average Bonchev–Trinajstić information content (AvgIpc) is 2.27. The molecule has 0 unspecified atom stereocenters. The highest BCUT2D eigenvalue weighted by molar-refractivity contribution is 9.10. The second kappa shape index (κ2) is 5.16. The average molecular weight is 357 g/mol. The van der Waals surface area contributed by atoms with Crippen molar-refractivity contribution in [1.82, 2.24) is 0 Å². The molecule has 0 radical (unpaired) electrons. The first-order chi connectivity index (χ1) is 8.51. The second-order valence-corrected chi connectivity index (χ2v) is 7.45. The number of rotatable bonds is 4. The van der Waals surface area contributed by atoms with Crippen LogP contribution < -0.4 is 0 Å². The number of carboxylic acids is 1. The first-order valence-corrected chi connectivity index (χ1v) is 7.50. The van der Waals surface area contributed by atoms with Gasteiger partial charge in [-0.3, -0.25) is 0 Å². The molecule has 1 aromatic carbocycles. The molecule has 19 heavy (non-hydrogen) atoms. The fourth-order valence-electron chi connectivity index (χ4n) is 1.30. The summed E-state index contributed by atoms with van der Waals surface area (Å²) in [5, 5.41) is 7.71. The minimum atomic E-state index is -4.07. The lowest BCUT2D eigenvalue weighted by Gasteiger charge is -2.14. The topological polar surface area (TPSA) is 71.4 Å². The van der Waals surface area contributed by atoms with Crippen molar-refractivity contribution in [2.45, 2.75) is 29.9 Å². The summed E-state index contributed by atoms with van der Waals surface area (Å²) < 4.78 is 50.3. The molecule has 0 atom stereocenters. The molecule has 0 heterocycles. The van der Waals surface area contributed by atoms with Gasteiger partial charge in [0.05, 0.1) is 10.1 Å². The highest BCUT2D eigenvalue weighted by Gasteiger charge is 2.41. The van der Waals surface area contributed by atoms with Crippen LogP contribution in [-0.4, -0.2) is 24.7 Å². The largest absolute Gasteiger partial charge is 0.477 e. The molecule has 0 amide bonds. The van der Waals surface area contributed by atoms with E-state index in [0.717, 1.165) is 18.2 Å². The maximum Gasteiger partial charge on any atom is 0.379 e. The summed E-state index contributed by atoms with van der Waals surface area (Å²) in [7, 11) is -3.63. The van der Waals surface area contributed by atoms with Crippen molar-refractivity contribution >= 4 is 31.7 Å². The van der Waals surface area contributed by atoms with Crippen molar-refractivity contribution < 1.29 is 27.1 Å². The summed E-state index contributed by atoms with van der Waals surface area (Å²) in [4.78, 5) is 10.3. The number of alkyl halides is 2. The number of hydrogen-bond donors (Lipinski definition) is 1. The van der Waals surface area contributed by atoms with Crippen molar-refractivity contribution in [3.05, 3.63) is 28.2 Å². The fraction of sp³-hybridized carbons (Fsp3) is 0.364. The molecule has 1 aromatic rings. The fourth-order valence-corrected chi connectivity index (χ4v) is 3.46. The van der Waals surface area contributed by atoms with E-state index in [4.69, 9.17) is 5.11 Å². The monoisotopic (exact) mass is 356 g/mol. The van der Waals surface area contributed by atoms with Gasteiger partial charge in [0, 0.05) is 10.0 Å². The third-order valence-corrected chi connectivity index (χ3v) is 5.62. The molecule has 0 aliphatic rings. The predicted octanol–water partition coefficient (Wildman–Crippen LogP) is 2.81. The molecule has 0 saturated heterocycles. The van der Waals surface area contributed by atoms with Gasteiger partial charge in [0.15, 0.2) is 9.84 Å². The van der Waals surface area contributed by atoms with Crippen molar-refractivity contribution in [3.63, 3.8) is 0 Å². The number of aliphatic carboxylic acids is 1. The normalized spacial score (nSPS) is 12.7. The van der Waals surface area contributed by atoms with Crippen LogP contribution >= 0.6 is 15.9 Å². The first-order valence-electron chi connectivity index (χ1n) is 5.16. The number of halogens is 3. The number of hydrogen-bond acceptors (Lipinski definition) is 3. The smallest absolute Gasteiger partial charge is 0.379 e. The lowest BCUT2D eigenvalue weighted by molar-refractivity contribution is -0.166. The van der Waals surface area contributed by atoms with Gasteiger partial charge in [-0.2, -0.15) is 8.78 Å². The van der Waals surface area contributed by atoms with E-state index in [9.17, 15) is 22.0 Å². The predicted molar refractivity (Wildman–Crippen MR) is 68.0 cm³/mol. The molecular formula is C11H11BrF2O4S. The molecular weight excluding hydrogens is 346 g/mol. The highest BCUT2D eigenvalue weighted by Crippen LogP contribution is 2.33. The second-order valence-electron chi connectivity index (χ2n) is 4.12. The van der Waals surface area contributed by atoms with Gasteiger partial charge in [-0.15, -0.1) is 0 Å². The third-order valence-electron chi connectivity index (χ3n) is 2.49. The standard InChI is InChI=1S/C11H11BrF2O4S/c1-6(2)19(17,18)9-4-3-7(5-8(9)12)11(13,14)10(15)16/h3-6H,1-2H3,(H,15,16). The van der Waals surface area contributed by atoms with Gasteiger partial charge in [-0.05, 0) is 41.9 Å². The maximum atomic E-state index is 13.3. The Hall–Kier alpha value is -1.02. The van der Waals surface area contributed by atoms with Gasteiger partial charge in [0.2, 0.25) is 0 Å². The minimum absolute atomic E-state index is 0.0837. The van der Waals surface area contributed by atoms with E-state index in [-0.39, 0.29) is 9.37 Å². The van der Waals surface area contributed by atoms with E-state index in [1.54, 1.807) is 0 Å². The van der Waals surface area contributed by atoms with Crippen LogP contribution in [0.1, 0.15) is 19.4 Å². The summed E-state index contributed by atoms with van der Waals surface area (Å²) in [6.07, 6.45) is 0. The first kappa shape index (κ1) is 16.0. The Kier molecular flexibility index (Phi) is 4.36. The Labute approximate surface area is 117 Å². The van der Waals surface area contributed by atoms with Crippen LogP contribution in [0, 0.1) is 0 Å². The summed E-state index contributed by atoms with van der Waals surface area (Å²) in [5.41, 5.74) is -0.783. The van der Waals surface area contributed by atoms with Crippen molar-refractivity contribution in [3.8, 4) is 0 Å². The van der Waals surface area contributed by atoms with Gasteiger partial charge in [0.25, 0.3) is 0 Å². The van der Waals surface area contributed by atoms with Crippen LogP contribution in [0.3, 0.4) is 0 Å². The zero-order valence-electron chi connectivity index (χ0n) is 10.0. The number of benzene rings is 1. The van der Waals surface area contributed by atoms with Gasteiger partial charge in [-0.1, -0.05) is 6.07 Å². The van der Waals surface area contributed by atoms with E-state index in [0.29, 0.717) is 0 Å². The van der Waals surface area contributed by atoms with Crippen molar-refractivity contribution in [1.29, 1.82) is 0 Å². The van der Waals surface area contributed by atoms with Crippen LogP contribution in [0.4, 0.5) is 8.78 Å². The Morgan fingerprint density at radius 3 is 2.26 bits per heavy atom. The highest BCUT2D eigenvalue weighted by atomic mass is 79.9. The Balaban J connectivity index is 3.39. The van der Waals surface area contributed by atoms with E-state index < -0.39 is 32.5 Å². The van der Waals surface area contributed by atoms with Crippen LogP contribution in [0.15, 0.2) is 27.6 Å². The van der Waals surface area contributed by atoms with Gasteiger partial charge >= 0.3 is 11.9 Å². The number of carbonyl (C=O) groups is 1. The summed E-state index contributed by atoms with van der Waals surface area (Å²) in [5.74, 6) is -6.36. The molecule has 0 aliphatic carbocycles. The summed E-state index contributed by atoms with van der Waals surface area (Å²) in [6.45, 7) is 2.92. The van der Waals surface area contributed by atoms with E-state index in [2.05, 4.69) is 15.9 Å². The van der Waals surface area contributed by atoms with Crippen molar-refractivity contribution in [2.24, 2.45) is 0 Å².